The van der Waals surface area contributed by atoms with Crippen LogP contribution in [0.4, 0.5) is 0 Å². The third kappa shape index (κ3) is 5.60. The van der Waals surface area contributed by atoms with Crippen molar-refractivity contribution in [1.82, 2.24) is 0 Å². The predicted octanol–water partition coefficient (Wildman–Crippen LogP) is 5.56. The first-order chi connectivity index (χ1) is 14.1. The van der Waals surface area contributed by atoms with Gasteiger partial charge in [0, 0.05) is 28.5 Å². The number of aliphatic carboxylic acids is 1. The molecule has 0 saturated carbocycles. The van der Waals surface area contributed by atoms with E-state index in [1.807, 2.05) is 60.7 Å². The molecule has 1 saturated heterocycles. The van der Waals surface area contributed by atoms with E-state index in [0.717, 1.165) is 16.9 Å². The van der Waals surface area contributed by atoms with Crippen molar-refractivity contribution in [1.29, 1.82) is 0 Å². The van der Waals surface area contributed by atoms with Crippen LogP contribution in [0.3, 0.4) is 0 Å². The summed E-state index contributed by atoms with van der Waals surface area (Å²) in [7, 11) is 1.64. The highest BCUT2D eigenvalue weighted by molar-refractivity contribution is 6.31. The highest BCUT2D eigenvalue weighted by Gasteiger charge is 2.35. The quantitative estimate of drug-likeness (QED) is 0.570. The molecule has 1 N–H and O–H groups in total. The minimum atomic E-state index is -0.798. The van der Waals surface area contributed by atoms with Crippen molar-refractivity contribution in [2.45, 2.75) is 31.7 Å². The summed E-state index contributed by atoms with van der Waals surface area (Å²) in [6, 6.07) is 15.3. The number of carbonyl (C=O) groups is 1. The number of halogens is 1. The maximum atomic E-state index is 10.7. The first kappa shape index (κ1) is 21.4. The van der Waals surface area contributed by atoms with Crippen LogP contribution < -0.4 is 4.74 Å². The van der Waals surface area contributed by atoms with Crippen molar-refractivity contribution < 1.29 is 24.1 Å². The number of rotatable bonds is 8. The zero-order valence-corrected chi connectivity index (χ0v) is 17.0. The minimum absolute atomic E-state index is 0.0612. The fourth-order valence-corrected chi connectivity index (χ4v) is 3.65. The van der Waals surface area contributed by atoms with Gasteiger partial charge in [-0.25, -0.2) is 0 Å². The molecule has 0 aromatic heterocycles. The molecule has 29 heavy (non-hydrogen) atoms. The van der Waals surface area contributed by atoms with Gasteiger partial charge in [0.1, 0.15) is 5.75 Å². The number of hydrogen-bond acceptors (Lipinski definition) is 4. The van der Waals surface area contributed by atoms with Gasteiger partial charge in [-0.05, 0) is 25.0 Å². The highest BCUT2D eigenvalue weighted by Crippen LogP contribution is 2.43. The second kappa shape index (κ2) is 10.4. The molecule has 5 nitrogen and oxygen atoms in total. The largest absolute Gasteiger partial charge is 0.496 e. The van der Waals surface area contributed by atoms with E-state index in [-0.39, 0.29) is 18.4 Å². The smallest absolute Gasteiger partial charge is 0.303 e. The van der Waals surface area contributed by atoms with Crippen molar-refractivity contribution in [3.05, 3.63) is 76.8 Å². The Labute approximate surface area is 175 Å². The maximum Gasteiger partial charge on any atom is 0.303 e. The van der Waals surface area contributed by atoms with E-state index in [0.29, 0.717) is 24.5 Å². The lowest BCUT2D eigenvalue weighted by atomic mass is 9.91. The Hall–Kier alpha value is -2.34. The summed E-state index contributed by atoms with van der Waals surface area (Å²) in [5, 5.41) is 9.37. The summed E-state index contributed by atoms with van der Waals surface area (Å²) in [5.74, 6) is 0.0248. The molecule has 0 aliphatic carbocycles. The molecule has 3 atom stereocenters. The average Bonchev–Trinajstić information content (AvgIpc) is 2.74. The number of carboxylic acid groups (broad SMARTS) is 1. The van der Waals surface area contributed by atoms with Gasteiger partial charge in [0.15, 0.2) is 6.29 Å². The summed E-state index contributed by atoms with van der Waals surface area (Å²) < 4.78 is 17.9. The van der Waals surface area contributed by atoms with E-state index in [9.17, 15) is 4.79 Å². The van der Waals surface area contributed by atoms with E-state index >= 15 is 0 Å². The second-order valence-electron chi connectivity index (χ2n) is 6.89. The van der Waals surface area contributed by atoms with Gasteiger partial charge in [-0.1, -0.05) is 60.2 Å². The Balaban J connectivity index is 1.81. The number of para-hydroxylation sites is 1. The molecule has 0 radical (unpaired) electrons. The van der Waals surface area contributed by atoms with Crippen LogP contribution in [-0.2, 0) is 14.3 Å². The topological polar surface area (TPSA) is 65.0 Å². The lowest BCUT2D eigenvalue weighted by Crippen LogP contribution is -2.30. The molecular weight excluding hydrogens is 392 g/mol. The summed E-state index contributed by atoms with van der Waals surface area (Å²) in [4.78, 5) is 10.7. The molecule has 2 aromatic carbocycles. The molecule has 3 rings (SSSR count). The number of allylic oxidation sites excluding steroid dienone is 2. The number of ether oxygens (including phenoxy) is 3. The van der Waals surface area contributed by atoms with E-state index < -0.39 is 12.3 Å². The normalized spacial score (nSPS) is 21.9. The van der Waals surface area contributed by atoms with Gasteiger partial charge in [0.25, 0.3) is 0 Å². The fraction of sp³-hybridized carbons (Fsp3) is 0.348. The lowest BCUT2D eigenvalue weighted by Gasteiger charge is -2.37. The van der Waals surface area contributed by atoms with Crippen molar-refractivity contribution in [2.24, 2.45) is 5.92 Å². The van der Waals surface area contributed by atoms with Gasteiger partial charge in [-0.2, -0.15) is 0 Å². The zero-order chi connectivity index (χ0) is 20.6. The van der Waals surface area contributed by atoms with E-state index in [1.54, 1.807) is 7.11 Å². The fourth-order valence-electron chi connectivity index (χ4n) is 3.43. The van der Waals surface area contributed by atoms with E-state index in [4.69, 9.17) is 30.9 Å². The molecule has 0 amide bonds. The molecular formula is C23H25ClO5. The summed E-state index contributed by atoms with van der Waals surface area (Å²) in [6.45, 7) is 0.488. The number of methoxy groups -OCH3 is 1. The van der Waals surface area contributed by atoms with Crippen LogP contribution in [0.25, 0.3) is 0 Å². The van der Waals surface area contributed by atoms with E-state index in [1.165, 1.54) is 0 Å². The third-order valence-electron chi connectivity index (χ3n) is 4.90. The predicted molar refractivity (Wildman–Crippen MR) is 111 cm³/mol. The van der Waals surface area contributed by atoms with Crippen LogP contribution in [0.15, 0.2) is 60.7 Å². The Bertz CT molecular complexity index is 851. The van der Waals surface area contributed by atoms with Crippen molar-refractivity contribution in [3.8, 4) is 5.75 Å². The Kier molecular flexibility index (Phi) is 7.69. The molecule has 2 aromatic rings. The van der Waals surface area contributed by atoms with Crippen LogP contribution in [0.1, 0.15) is 42.8 Å². The first-order valence-electron chi connectivity index (χ1n) is 9.61. The minimum Gasteiger partial charge on any atom is -0.496 e. The van der Waals surface area contributed by atoms with Gasteiger partial charge in [-0.3, -0.25) is 4.79 Å². The molecule has 0 bridgehead atoms. The molecule has 0 unspecified atom stereocenters. The summed E-state index contributed by atoms with van der Waals surface area (Å²) in [5.41, 5.74) is 1.75. The molecule has 0 spiro atoms. The van der Waals surface area contributed by atoms with Gasteiger partial charge >= 0.3 is 5.97 Å². The van der Waals surface area contributed by atoms with Crippen LogP contribution in [0.5, 0.6) is 5.75 Å². The third-order valence-corrected chi connectivity index (χ3v) is 5.24. The van der Waals surface area contributed by atoms with Crippen LogP contribution >= 0.6 is 11.6 Å². The summed E-state index contributed by atoms with van der Waals surface area (Å²) in [6.07, 6.45) is 4.42. The van der Waals surface area contributed by atoms with Crippen molar-refractivity contribution in [2.75, 3.05) is 13.7 Å². The van der Waals surface area contributed by atoms with Gasteiger partial charge < -0.3 is 19.3 Å². The number of benzene rings is 2. The SMILES string of the molecule is COc1ccccc1[C@H]1O[C@@H](c2ccccc2Cl)OC[C@H]1CC=CCCC(=O)O. The van der Waals surface area contributed by atoms with Gasteiger partial charge in [-0.15, -0.1) is 0 Å². The Morgan fingerprint density at radius 1 is 1.17 bits per heavy atom. The average molecular weight is 417 g/mol. The summed E-state index contributed by atoms with van der Waals surface area (Å²) >= 11 is 6.35. The molecule has 6 heteroatoms. The molecule has 1 aliphatic rings. The zero-order valence-electron chi connectivity index (χ0n) is 16.3. The molecule has 1 heterocycles. The molecule has 154 valence electrons. The van der Waals surface area contributed by atoms with Crippen LogP contribution in [0, 0.1) is 5.92 Å². The van der Waals surface area contributed by atoms with E-state index in [2.05, 4.69) is 0 Å². The lowest BCUT2D eigenvalue weighted by molar-refractivity contribution is -0.244. The van der Waals surface area contributed by atoms with Gasteiger partial charge in [0.05, 0.1) is 19.8 Å². The second-order valence-corrected chi connectivity index (χ2v) is 7.29. The molecule has 1 fully saturated rings. The van der Waals surface area contributed by atoms with Crippen LogP contribution in [0.2, 0.25) is 5.02 Å². The van der Waals surface area contributed by atoms with Crippen molar-refractivity contribution in [3.63, 3.8) is 0 Å². The monoisotopic (exact) mass is 416 g/mol. The van der Waals surface area contributed by atoms with Crippen molar-refractivity contribution >= 4 is 17.6 Å². The maximum absolute atomic E-state index is 10.7. The van der Waals surface area contributed by atoms with Gasteiger partial charge in [0.2, 0.25) is 0 Å². The highest BCUT2D eigenvalue weighted by atomic mass is 35.5. The first-order valence-corrected chi connectivity index (χ1v) is 9.99. The standard InChI is InChI=1S/C23H25ClO5/c1-27-20-13-8-6-11-18(20)22-16(9-3-2-4-14-21(25)26)15-28-23(29-22)17-10-5-7-12-19(17)24/h2-3,5-8,10-13,16,22-23H,4,9,14-15H2,1H3,(H,25,26)/t16-,22+,23+/m1/s1. The van der Waals surface area contributed by atoms with Crippen LogP contribution in [-0.4, -0.2) is 24.8 Å². The molecule has 1 aliphatic heterocycles. The Morgan fingerprint density at radius 2 is 1.90 bits per heavy atom. The number of carboxylic acids is 1. The Morgan fingerprint density at radius 3 is 2.62 bits per heavy atom. The number of hydrogen-bond donors (Lipinski definition) is 1.